The largest absolute Gasteiger partial charge is 0.453 e. The first kappa shape index (κ1) is 25.5. The maximum Gasteiger partial charge on any atom is 0.407 e. The summed E-state index contributed by atoms with van der Waals surface area (Å²) in [5.41, 5.74) is 8.79. The highest BCUT2D eigenvalue weighted by molar-refractivity contribution is 7.27. The molecular weight excluding hydrogens is 557 g/mol. The van der Waals surface area contributed by atoms with Crippen molar-refractivity contribution in [2.45, 2.75) is 18.9 Å². The highest BCUT2D eigenvalue weighted by atomic mass is 32.1. The van der Waals surface area contributed by atoms with Gasteiger partial charge in [0.05, 0.1) is 51.8 Å². The van der Waals surface area contributed by atoms with E-state index in [4.69, 9.17) is 0 Å². The Morgan fingerprint density at radius 1 is 1.02 bits per heavy atom. The van der Waals surface area contributed by atoms with Gasteiger partial charge in [0.1, 0.15) is 12.4 Å². The average molecular weight is 583 g/mol. The van der Waals surface area contributed by atoms with Gasteiger partial charge >= 0.3 is 6.09 Å². The van der Waals surface area contributed by atoms with Gasteiger partial charge < -0.3 is 24.9 Å². The zero-order valence-electron chi connectivity index (χ0n) is 22.1. The van der Waals surface area contributed by atoms with Gasteiger partial charge in [-0.25, -0.2) is 14.8 Å². The molecule has 0 aliphatic carbocycles. The van der Waals surface area contributed by atoms with Gasteiger partial charge in [-0.1, -0.05) is 30.3 Å². The van der Waals surface area contributed by atoms with Crippen molar-refractivity contribution in [3.8, 4) is 33.5 Å². The Hall–Kier alpha value is -4.48. The number of alkyl carbamates (subject to hydrolysis) is 1. The minimum Gasteiger partial charge on any atom is -0.453 e. The van der Waals surface area contributed by atoms with Crippen LogP contribution in [0.15, 0.2) is 65.7 Å². The van der Waals surface area contributed by atoms with E-state index in [2.05, 4.69) is 83.2 Å². The maximum atomic E-state index is 12.7. The van der Waals surface area contributed by atoms with Crippen molar-refractivity contribution in [2.24, 2.45) is 0 Å². The van der Waals surface area contributed by atoms with E-state index in [0.717, 1.165) is 41.0 Å². The number of nitrogens with zero attached hydrogens (tertiary/aromatic N) is 3. The van der Waals surface area contributed by atoms with Crippen LogP contribution in [0.2, 0.25) is 0 Å². The monoisotopic (exact) mass is 582 g/mol. The van der Waals surface area contributed by atoms with Gasteiger partial charge in [0, 0.05) is 28.4 Å². The van der Waals surface area contributed by atoms with Crippen molar-refractivity contribution in [1.82, 2.24) is 30.2 Å². The number of nitrogens with one attached hydrogen (secondary N) is 3. The highest BCUT2D eigenvalue weighted by Gasteiger charge is 2.32. The number of imidazole rings is 2. The summed E-state index contributed by atoms with van der Waals surface area (Å²) in [4.78, 5) is 41.4. The Morgan fingerprint density at radius 2 is 1.76 bits per heavy atom. The molecule has 1 aliphatic rings. The molecule has 7 rings (SSSR count). The molecule has 11 heteroatoms. The van der Waals surface area contributed by atoms with Crippen LogP contribution in [0.4, 0.5) is 4.79 Å². The summed E-state index contributed by atoms with van der Waals surface area (Å²) in [7, 11) is 1.28. The van der Waals surface area contributed by atoms with Crippen LogP contribution in [0.3, 0.4) is 0 Å². The number of hydrogen-bond donors (Lipinski definition) is 3. The number of fused-ring (bicyclic) bond motifs is 2. The molecule has 206 valence electrons. The van der Waals surface area contributed by atoms with Gasteiger partial charge in [-0.3, -0.25) is 4.79 Å². The molecule has 0 unspecified atom stereocenters. The van der Waals surface area contributed by atoms with Crippen LogP contribution >= 0.6 is 22.7 Å². The first-order valence-corrected chi connectivity index (χ1v) is 15.0. The SMILES string of the molecule is COC(=O)NCC(=O)N1CCC[C@H]1c1ncc(-c2ccc(-c3csc4c(-c5ccc6nc[nH]c6c5)csc34)cc2)[nH]1. The van der Waals surface area contributed by atoms with Gasteiger partial charge in [0.2, 0.25) is 5.91 Å². The van der Waals surface area contributed by atoms with E-state index in [1.165, 1.54) is 38.8 Å². The number of aromatic nitrogens is 4. The lowest BCUT2D eigenvalue weighted by atomic mass is 10.0. The van der Waals surface area contributed by atoms with Crippen molar-refractivity contribution in [2.75, 3.05) is 20.2 Å². The molecule has 41 heavy (non-hydrogen) atoms. The molecule has 0 radical (unpaired) electrons. The number of thiophene rings is 2. The first-order valence-electron chi connectivity index (χ1n) is 13.3. The molecule has 0 bridgehead atoms. The fraction of sp³-hybridized carbons (Fsp3) is 0.200. The summed E-state index contributed by atoms with van der Waals surface area (Å²) < 4.78 is 7.15. The van der Waals surface area contributed by atoms with Crippen LogP contribution < -0.4 is 5.32 Å². The fourth-order valence-electron chi connectivity index (χ4n) is 5.48. The second kappa shape index (κ2) is 10.5. The number of benzene rings is 2. The molecule has 2 aromatic carbocycles. The number of aromatic amines is 2. The number of ether oxygens (including phenoxy) is 1. The van der Waals surface area contributed by atoms with Gasteiger partial charge in [0.25, 0.3) is 0 Å². The zero-order valence-corrected chi connectivity index (χ0v) is 23.8. The van der Waals surface area contributed by atoms with E-state index >= 15 is 0 Å². The van der Waals surface area contributed by atoms with E-state index in [-0.39, 0.29) is 18.5 Å². The topological polar surface area (TPSA) is 116 Å². The Bertz CT molecular complexity index is 1880. The normalized spacial score (nSPS) is 15.1. The third kappa shape index (κ3) is 4.66. The van der Waals surface area contributed by atoms with Gasteiger partial charge in [-0.05, 0) is 41.7 Å². The molecule has 1 saturated heterocycles. The number of hydrogen-bond acceptors (Lipinski definition) is 7. The van der Waals surface area contributed by atoms with Crippen molar-refractivity contribution < 1.29 is 14.3 Å². The van der Waals surface area contributed by atoms with E-state index in [0.29, 0.717) is 6.54 Å². The molecule has 9 nitrogen and oxygen atoms in total. The molecule has 4 aromatic heterocycles. The van der Waals surface area contributed by atoms with Crippen LogP contribution in [0.1, 0.15) is 24.7 Å². The maximum absolute atomic E-state index is 12.7. The molecular formula is C30H26N6O3S2. The molecule has 2 amide bonds. The lowest BCUT2D eigenvalue weighted by Gasteiger charge is -2.23. The number of likely N-dealkylation sites (tertiary alicyclic amines) is 1. The van der Waals surface area contributed by atoms with Gasteiger partial charge in [-0.2, -0.15) is 0 Å². The van der Waals surface area contributed by atoms with Crippen LogP contribution in [0.25, 0.3) is 53.9 Å². The predicted molar refractivity (Wildman–Crippen MR) is 162 cm³/mol. The first-order chi connectivity index (χ1) is 20.1. The number of carbonyl (C=O) groups excluding carboxylic acids is 2. The van der Waals surface area contributed by atoms with Crippen LogP contribution in [0.5, 0.6) is 0 Å². The van der Waals surface area contributed by atoms with E-state index < -0.39 is 6.09 Å². The molecule has 5 heterocycles. The van der Waals surface area contributed by atoms with Crippen LogP contribution in [-0.2, 0) is 9.53 Å². The third-order valence-corrected chi connectivity index (χ3v) is 9.73. The summed E-state index contributed by atoms with van der Waals surface area (Å²) in [5.74, 6) is 0.604. The van der Waals surface area contributed by atoms with Crippen molar-refractivity contribution >= 4 is 55.1 Å². The lowest BCUT2D eigenvalue weighted by Crippen LogP contribution is -2.40. The smallest absolute Gasteiger partial charge is 0.407 e. The Labute approximate surface area is 243 Å². The standard InChI is InChI=1S/C30H26N6O3S2/c1-39-30(38)32-13-26(37)36-10-2-3-25(36)29-31-12-24(35-29)18-6-4-17(5-7-18)20-14-40-28-21(15-41-27(20)28)19-8-9-22-23(11-19)34-16-33-22/h4-9,11-12,14-16,25H,2-3,10,13H2,1H3,(H,31,35)(H,32,38)(H,33,34)/t25-/m0/s1. The summed E-state index contributed by atoms with van der Waals surface area (Å²) in [6.07, 6.45) is 4.64. The minimum absolute atomic E-state index is 0.0979. The number of rotatable bonds is 6. The number of carbonyl (C=O) groups is 2. The fourth-order valence-corrected chi connectivity index (χ4v) is 7.93. The van der Waals surface area contributed by atoms with Crippen molar-refractivity contribution in [3.63, 3.8) is 0 Å². The van der Waals surface area contributed by atoms with E-state index in [1.807, 2.05) is 6.20 Å². The number of methoxy groups -OCH3 is 1. The molecule has 1 atom stereocenters. The van der Waals surface area contributed by atoms with Crippen molar-refractivity contribution in [3.05, 3.63) is 71.6 Å². The molecule has 1 fully saturated rings. The van der Waals surface area contributed by atoms with E-state index in [1.54, 1.807) is 33.9 Å². The molecule has 0 spiro atoms. The van der Waals surface area contributed by atoms with Gasteiger partial charge in [0.15, 0.2) is 0 Å². The summed E-state index contributed by atoms with van der Waals surface area (Å²) in [6, 6.07) is 14.7. The second-order valence-electron chi connectivity index (χ2n) is 9.94. The third-order valence-electron chi connectivity index (χ3n) is 7.58. The zero-order chi connectivity index (χ0) is 27.9. The minimum atomic E-state index is -0.618. The molecule has 0 saturated carbocycles. The average Bonchev–Trinajstić information content (AvgIpc) is 3.83. The quantitative estimate of drug-likeness (QED) is 0.205. The summed E-state index contributed by atoms with van der Waals surface area (Å²) >= 11 is 3.55. The molecule has 3 N–H and O–H groups in total. The summed E-state index contributed by atoms with van der Waals surface area (Å²) in [5, 5.41) is 6.95. The van der Waals surface area contributed by atoms with Crippen LogP contribution in [0, 0.1) is 0 Å². The number of amides is 2. The van der Waals surface area contributed by atoms with E-state index in [9.17, 15) is 9.59 Å². The summed E-state index contributed by atoms with van der Waals surface area (Å²) in [6.45, 7) is 0.535. The van der Waals surface area contributed by atoms with Gasteiger partial charge in [-0.15, -0.1) is 22.7 Å². The molecule has 1 aliphatic heterocycles. The molecule has 6 aromatic rings. The Kier molecular flexibility index (Phi) is 6.52. The van der Waals surface area contributed by atoms with Crippen molar-refractivity contribution in [1.29, 1.82) is 0 Å². The Morgan fingerprint density at radius 3 is 2.54 bits per heavy atom. The van der Waals surface area contributed by atoms with Crippen LogP contribution in [-0.4, -0.2) is 57.0 Å². The second-order valence-corrected chi connectivity index (χ2v) is 11.7. The predicted octanol–water partition coefficient (Wildman–Crippen LogP) is 6.58. The lowest BCUT2D eigenvalue weighted by molar-refractivity contribution is -0.131. The number of H-pyrrole nitrogens is 2. The Balaban J connectivity index is 1.09. The highest BCUT2D eigenvalue weighted by Crippen LogP contribution is 2.44.